The summed E-state index contributed by atoms with van der Waals surface area (Å²) < 4.78 is 0. The van der Waals surface area contributed by atoms with Crippen molar-refractivity contribution < 1.29 is 0 Å². The normalized spacial score (nSPS) is 12.5. The van der Waals surface area contributed by atoms with E-state index in [-0.39, 0.29) is 0 Å². The molecular weight excluding hydrogens is 771 g/mol. The molecule has 0 radical (unpaired) electrons. The average molecular weight is 814 g/mol. The summed E-state index contributed by atoms with van der Waals surface area (Å²) in [6, 6.07) is 95.9. The number of fused-ring (bicyclic) bond motifs is 6. The molecule has 0 bridgehead atoms. The molecule has 0 amide bonds. The Morgan fingerprint density at radius 1 is 0.250 bits per heavy atom. The Bertz CT molecular complexity index is 3410. The minimum atomic E-state index is -0.593. The Morgan fingerprint density at radius 2 is 0.672 bits per heavy atom. The van der Waals surface area contributed by atoms with Crippen LogP contribution in [0.25, 0.3) is 66.1 Å². The van der Waals surface area contributed by atoms with Gasteiger partial charge in [-0.25, -0.2) is 0 Å². The molecule has 1 aliphatic rings. The molecule has 300 valence electrons. The molecule has 0 fully saturated rings. The molecule has 0 aliphatic heterocycles. The summed E-state index contributed by atoms with van der Waals surface area (Å²) in [4.78, 5) is 2.40. The first kappa shape index (κ1) is 37.5. The van der Waals surface area contributed by atoms with Crippen molar-refractivity contribution in [3.8, 4) is 44.5 Å². The highest BCUT2D eigenvalue weighted by atomic mass is 15.1. The lowest BCUT2D eigenvalue weighted by Gasteiger charge is -2.35. The van der Waals surface area contributed by atoms with E-state index in [2.05, 4.69) is 266 Å². The molecule has 0 saturated carbocycles. The summed E-state index contributed by atoms with van der Waals surface area (Å²) in [6.07, 6.45) is 0. The zero-order valence-corrected chi connectivity index (χ0v) is 35.3. The molecule has 0 saturated heterocycles. The van der Waals surface area contributed by atoms with Crippen molar-refractivity contribution in [3.05, 3.63) is 283 Å². The van der Waals surface area contributed by atoms with Gasteiger partial charge in [0, 0.05) is 17.1 Å². The Labute approximate surface area is 374 Å². The van der Waals surface area contributed by atoms with Gasteiger partial charge in [0.2, 0.25) is 0 Å². The van der Waals surface area contributed by atoms with Crippen molar-refractivity contribution in [1.82, 2.24) is 0 Å². The van der Waals surface area contributed by atoms with Crippen LogP contribution in [0, 0.1) is 0 Å². The lowest BCUT2D eigenvalue weighted by molar-refractivity contribution is 0.768. The molecule has 1 aliphatic carbocycles. The van der Waals surface area contributed by atoms with E-state index in [9.17, 15) is 0 Å². The summed E-state index contributed by atoms with van der Waals surface area (Å²) in [6.45, 7) is 0. The Morgan fingerprint density at radius 3 is 1.30 bits per heavy atom. The van der Waals surface area contributed by atoms with E-state index < -0.39 is 5.41 Å². The highest BCUT2D eigenvalue weighted by Crippen LogP contribution is 2.58. The van der Waals surface area contributed by atoms with Gasteiger partial charge in [0.05, 0.1) is 5.41 Å². The van der Waals surface area contributed by atoms with E-state index in [1.807, 2.05) is 0 Å². The molecule has 64 heavy (non-hydrogen) atoms. The molecule has 0 spiro atoms. The molecule has 0 unspecified atom stereocenters. The molecule has 11 aromatic rings. The number of anilines is 3. The van der Waals surface area contributed by atoms with E-state index in [1.165, 1.54) is 88.3 Å². The predicted molar refractivity (Wildman–Crippen MR) is 270 cm³/mol. The van der Waals surface area contributed by atoms with Crippen molar-refractivity contribution in [3.63, 3.8) is 0 Å². The minimum absolute atomic E-state index is 0.593. The van der Waals surface area contributed by atoms with Crippen LogP contribution >= 0.6 is 0 Å². The summed E-state index contributed by atoms with van der Waals surface area (Å²) in [5.74, 6) is 0. The third-order valence-corrected chi connectivity index (χ3v) is 13.3. The SMILES string of the molecule is c1ccc(-c2ccc(-c3ccc(N(c4ccccc4)c4ccc5c(c4)C(c4ccccc4)(c4ccccc4)c4cc(-c6cc7ccccc7c7ccccc67)ccc4-5)cc3)cc2)cc1. The van der Waals surface area contributed by atoms with Crippen molar-refractivity contribution >= 4 is 38.6 Å². The summed E-state index contributed by atoms with van der Waals surface area (Å²) in [5.41, 5.74) is 17.6. The fourth-order valence-electron chi connectivity index (χ4n) is 10.4. The average Bonchev–Trinajstić information content (AvgIpc) is 3.67. The second-order valence-corrected chi connectivity index (χ2v) is 16.8. The van der Waals surface area contributed by atoms with Gasteiger partial charge in [0.15, 0.2) is 0 Å². The lowest BCUT2D eigenvalue weighted by atomic mass is 9.67. The van der Waals surface area contributed by atoms with Crippen molar-refractivity contribution in [2.75, 3.05) is 4.90 Å². The van der Waals surface area contributed by atoms with Crippen LogP contribution in [-0.4, -0.2) is 0 Å². The van der Waals surface area contributed by atoms with E-state index >= 15 is 0 Å². The molecular formula is C63H43N. The van der Waals surface area contributed by atoms with Crippen molar-refractivity contribution in [1.29, 1.82) is 0 Å². The third kappa shape index (κ3) is 6.16. The molecule has 1 nitrogen and oxygen atoms in total. The van der Waals surface area contributed by atoms with Crippen LogP contribution in [0.3, 0.4) is 0 Å². The highest BCUT2D eigenvalue weighted by Gasteiger charge is 2.46. The van der Waals surface area contributed by atoms with E-state index in [0.717, 1.165) is 17.1 Å². The summed E-state index contributed by atoms with van der Waals surface area (Å²) >= 11 is 0. The monoisotopic (exact) mass is 813 g/mol. The first-order chi connectivity index (χ1) is 31.7. The Balaban J connectivity index is 1.03. The van der Waals surface area contributed by atoms with Gasteiger partial charge < -0.3 is 4.90 Å². The summed E-state index contributed by atoms with van der Waals surface area (Å²) in [7, 11) is 0. The first-order valence-electron chi connectivity index (χ1n) is 22.2. The van der Waals surface area contributed by atoms with Gasteiger partial charge in [-0.1, -0.05) is 212 Å². The maximum absolute atomic E-state index is 2.49. The maximum atomic E-state index is 2.49. The highest BCUT2D eigenvalue weighted by molar-refractivity contribution is 6.14. The molecule has 12 rings (SSSR count). The number of benzene rings is 11. The number of para-hydroxylation sites is 1. The van der Waals surface area contributed by atoms with E-state index in [1.54, 1.807) is 0 Å². The number of nitrogens with zero attached hydrogens (tertiary/aromatic N) is 1. The molecule has 0 N–H and O–H groups in total. The zero-order chi connectivity index (χ0) is 42.5. The van der Waals surface area contributed by atoms with Gasteiger partial charge in [0.1, 0.15) is 0 Å². The molecule has 0 aromatic heterocycles. The van der Waals surface area contributed by atoms with E-state index in [4.69, 9.17) is 0 Å². The minimum Gasteiger partial charge on any atom is -0.310 e. The van der Waals surface area contributed by atoms with Crippen molar-refractivity contribution in [2.45, 2.75) is 5.41 Å². The zero-order valence-electron chi connectivity index (χ0n) is 35.3. The van der Waals surface area contributed by atoms with Crippen LogP contribution in [0.4, 0.5) is 17.1 Å². The van der Waals surface area contributed by atoms with E-state index in [0.29, 0.717) is 0 Å². The molecule has 1 heteroatoms. The predicted octanol–water partition coefficient (Wildman–Crippen LogP) is 16.8. The van der Waals surface area contributed by atoms with Gasteiger partial charge >= 0.3 is 0 Å². The quantitative estimate of drug-likeness (QED) is 0.138. The third-order valence-electron chi connectivity index (χ3n) is 13.3. The van der Waals surface area contributed by atoms with Gasteiger partial charge in [-0.3, -0.25) is 0 Å². The lowest BCUT2D eigenvalue weighted by Crippen LogP contribution is -2.28. The molecule has 0 atom stereocenters. The van der Waals surface area contributed by atoms with Crippen LogP contribution in [0.5, 0.6) is 0 Å². The van der Waals surface area contributed by atoms with Crippen LogP contribution in [0.1, 0.15) is 22.3 Å². The molecule has 0 heterocycles. The standard InChI is InChI=1S/C63H43N/c1-5-17-44(18-6-1)45-29-31-46(32-30-45)47-33-36-53(37-34-47)64(52-24-11-4-12-25-52)54-38-40-59-58-39-35-49(60-41-48-19-13-14-26-55(48)56-27-15-16-28-57(56)60)42-61(58)63(62(59)43-54,50-20-7-2-8-21-50)51-22-9-3-10-23-51/h1-43H. The van der Waals surface area contributed by atoms with Gasteiger partial charge in [-0.15, -0.1) is 0 Å². The summed E-state index contributed by atoms with van der Waals surface area (Å²) in [5, 5.41) is 5.06. The van der Waals surface area contributed by atoms with Crippen molar-refractivity contribution in [2.24, 2.45) is 0 Å². The van der Waals surface area contributed by atoms with Crippen LogP contribution in [-0.2, 0) is 5.41 Å². The number of hydrogen-bond donors (Lipinski definition) is 0. The van der Waals surface area contributed by atoms with Crippen LogP contribution in [0.2, 0.25) is 0 Å². The van der Waals surface area contributed by atoms with Gasteiger partial charge in [-0.05, 0) is 137 Å². The van der Waals surface area contributed by atoms with Crippen LogP contribution < -0.4 is 4.90 Å². The maximum Gasteiger partial charge on any atom is 0.0714 e. The molecule has 11 aromatic carbocycles. The largest absolute Gasteiger partial charge is 0.310 e. The van der Waals surface area contributed by atoms with Gasteiger partial charge in [0.25, 0.3) is 0 Å². The number of rotatable bonds is 8. The number of hydrogen-bond acceptors (Lipinski definition) is 1. The second-order valence-electron chi connectivity index (χ2n) is 16.8. The second kappa shape index (κ2) is 15.6. The van der Waals surface area contributed by atoms with Gasteiger partial charge in [-0.2, -0.15) is 0 Å². The Hall–Kier alpha value is -8.26. The topological polar surface area (TPSA) is 3.24 Å². The Kier molecular flexibility index (Phi) is 9.13. The fraction of sp³-hybridized carbons (Fsp3) is 0.0159. The van der Waals surface area contributed by atoms with Crippen LogP contribution in [0.15, 0.2) is 261 Å². The first-order valence-corrected chi connectivity index (χ1v) is 22.2. The smallest absolute Gasteiger partial charge is 0.0714 e. The fourth-order valence-corrected chi connectivity index (χ4v) is 10.4.